The lowest BCUT2D eigenvalue weighted by Gasteiger charge is -2.09. The number of ether oxygens (including phenoxy) is 1. The Labute approximate surface area is 119 Å². The Hall–Kier alpha value is -2.07. The van der Waals surface area contributed by atoms with Gasteiger partial charge < -0.3 is 15.2 Å². The van der Waals surface area contributed by atoms with Crippen molar-refractivity contribution in [1.82, 2.24) is 4.98 Å². The molecule has 0 saturated carbocycles. The van der Waals surface area contributed by atoms with E-state index in [2.05, 4.69) is 17.2 Å². The summed E-state index contributed by atoms with van der Waals surface area (Å²) in [7, 11) is 0. The molecule has 0 saturated heterocycles. The van der Waals surface area contributed by atoms with Crippen LogP contribution in [0.4, 0.5) is 5.82 Å². The van der Waals surface area contributed by atoms with E-state index in [4.69, 9.17) is 9.84 Å². The van der Waals surface area contributed by atoms with Crippen molar-refractivity contribution in [3.05, 3.63) is 53.7 Å². The van der Waals surface area contributed by atoms with Crippen LogP contribution in [0.5, 0.6) is 5.75 Å². The van der Waals surface area contributed by atoms with Crippen LogP contribution in [0.3, 0.4) is 0 Å². The first-order valence-corrected chi connectivity index (χ1v) is 6.84. The summed E-state index contributed by atoms with van der Waals surface area (Å²) in [5, 5.41) is 12.3. The van der Waals surface area contributed by atoms with Gasteiger partial charge >= 0.3 is 0 Å². The number of aromatic nitrogens is 1. The number of pyridine rings is 1. The van der Waals surface area contributed by atoms with E-state index in [1.807, 2.05) is 42.5 Å². The summed E-state index contributed by atoms with van der Waals surface area (Å²) in [6.45, 7) is 3.46. The zero-order chi connectivity index (χ0) is 14.2. The van der Waals surface area contributed by atoms with Crippen LogP contribution in [0.2, 0.25) is 0 Å². The molecular formula is C16H20N2O2. The molecule has 2 rings (SSSR count). The van der Waals surface area contributed by atoms with Crippen molar-refractivity contribution in [1.29, 1.82) is 0 Å². The smallest absolute Gasteiger partial charge is 0.130 e. The molecule has 0 bridgehead atoms. The summed E-state index contributed by atoms with van der Waals surface area (Å²) >= 11 is 0. The molecule has 20 heavy (non-hydrogen) atoms. The maximum absolute atomic E-state index is 9.09. The number of nitrogens with zero attached hydrogens (tertiary/aromatic N) is 1. The second-order valence-corrected chi connectivity index (χ2v) is 4.54. The molecule has 4 nitrogen and oxygen atoms in total. The molecule has 0 aliphatic rings. The first-order valence-electron chi connectivity index (χ1n) is 6.84. The molecule has 0 atom stereocenters. The number of benzene rings is 1. The lowest BCUT2D eigenvalue weighted by molar-refractivity contribution is 0.277. The van der Waals surface area contributed by atoms with Gasteiger partial charge in [-0.3, -0.25) is 0 Å². The summed E-state index contributed by atoms with van der Waals surface area (Å²) in [4.78, 5) is 4.48. The largest absolute Gasteiger partial charge is 0.487 e. The minimum Gasteiger partial charge on any atom is -0.487 e. The molecule has 0 aliphatic heterocycles. The molecule has 2 aromatic rings. The maximum Gasteiger partial charge on any atom is 0.130 e. The van der Waals surface area contributed by atoms with Gasteiger partial charge in [-0.2, -0.15) is 0 Å². The Balaban J connectivity index is 1.95. The Morgan fingerprint density at radius 3 is 2.85 bits per heavy atom. The van der Waals surface area contributed by atoms with E-state index in [1.165, 1.54) is 0 Å². The Kier molecular flexibility index (Phi) is 5.38. The van der Waals surface area contributed by atoms with Gasteiger partial charge in [0.2, 0.25) is 0 Å². The third-order valence-electron chi connectivity index (χ3n) is 2.83. The number of nitrogens with one attached hydrogen (secondary N) is 1. The minimum atomic E-state index is 0.0197. The molecule has 0 fully saturated rings. The highest BCUT2D eigenvalue weighted by Gasteiger charge is 2.00. The van der Waals surface area contributed by atoms with Crippen molar-refractivity contribution >= 4 is 5.82 Å². The van der Waals surface area contributed by atoms with E-state index >= 15 is 0 Å². The Bertz CT molecular complexity index is 544. The van der Waals surface area contributed by atoms with Gasteiger partial charge in [0.15, 0.2) is 0 Å². The molecule has 2 N–H and O–H groups in total. The van der Waals surface area contributed by atoms with Crippen molar-refractivity contribution in [2.45, 2.75) is 26.6 Å². The first kappa shape index (κ1) is 14.3. The van der Waals surface area contributed by atoms with Crippen LogP contribution in [0.1, 0.15) is 24.6 Å². The van der Waals surface area contributed by atoms with Gasteiger partial charge in [-0.25, -0.2) is 4.98 Å². The number of hydrogen-bond acceptors (Lipinski definition) is 4. The van der Waals surface area contributed by atoms with Crippen LogP contribution in [0.25, 0.3) is 0 Å². The van der Waals surface area contributed by atoms with Gasteiger partial charge in [-0.15, -0.1) is 0 Å². The lowest BCUT2D eigenvalue weighted by Crippen LogP contribution is -2.05. The van der Waals surface area contributed by atoms with Gasteiger partial charge in [0, 0.05) is 6.54 Å². The van der Waals surface area contributed by atoms with E-state index in [9.17, 15) is 0 Å². The van der Waals surface area contributed by atoms with Crippen LogP contribution in [0, 0.1) is 0 Å². The fourth-order valence-corrected chi connectivity index (χ4v) is 1.80. The van der Waals surface area contributed by atoms with Crippen LogP contribution >= 0.6 is 0 Å². The number of aliphatic hydroxyl groups is 1. The molecule has 0 radical (unpaired) electrons. The molecule has 0 amide bonds. The van der Waals surface area contributed by atoms with Gasteiger partial charge in [0.1, 0.15) is 18.2 Å². The van der Waals surface area contributed by atoms with Gasteiger partial charge in [0.25, 0.3) is 0 Å². The standard InChI is InChI=1S/C16H20N2O2/c1-2-9-17-16-8-4-6-14(18-16)12-20-15-7-3-5-13(10-15)11-19/h3-8,10,19H,2,9,11-12H2,1H3,(H,17,18). The zero-order valence-corrected chi connectivity index (χ0v) is 11.7. The topological polar surface area (TPSA) is 54.4 Å². The number of hydrogen-bond donors (Lipinski definition) is 2. The first-order chi connectivity index (χ1) is 9.81. The third-order valence-corrected chi connectivity index (χ3v) is 2.83. The molecule has 0 unspecified atom stereocenters. The summed E-state index contributed by atoms with van der Waals surface area (Å²) in [6, 6.07) is 13.3. The monoisotopic (exact) mass is 272 g/mol. The number of aliphatic hydroxyl groups excluding tert-OH is 1. The van der Waals surface area contributed by atoms with E-state index < -0.39 is 0 Å². The number of anilines is 1. The second kappa shape index (κ2) is 7.50. The highest BCUT2D eigenvalue weighted by Crippen LogP contribution is 2.15. The van der Waals surface area contributed by atoms with Crippen molar-refractivity contribution in [2.75, 3.05) is 11.9 Å². The zero-order valence-electron chi connectivity index (χ0n) is 11.7. The van der Waals surface area contributed by atoms with Crippen molar-refractivity contribution in [3.8, 4) is 5.75 Å². The van der Waals surface area contributed by atoms with Crippen LogP contribution in [-0.2, 0) is 13.2 Å². The fraction of sp³-hybridized carbons (Fsp3) is 0.312. The second-order valence-electron chi connectivity index (χ2n) is 4.54. The SMILES string of the molecule is CCCNc1cccc(COc2cccc(CO)c2)n1. The average molecular weight is 272 g/mol. The van der Waals surface area contributed by atoms with E-state index in [0.29, 0.717) is 6.61 Å². The molecule has 0 aliphatic carbocycles. The third kappa shape index (κ3) is 4.24. The maximum atomic E-state index is 9.09. The van der Waals surface area contributed by atoms with E-state index in [0.717, 1.165) is 35.8 Å². The van der Waals surface area contributed by atoms with Gasteiger partial charge in [-0.1, -0.05) is 25.1 Å². The normalized spacial score (nSPS) is 10.3. The quantitative estimate of drug-likeness (QED) is 0.813. The van der Waals surface area contributed by atoms with E-state index in [-0.39, 0.29) is 6.61 Å². The predicted molar refractivity (Wildman–Crippen MR) is 79.7 cm³/mol. The summed E-state index contributed by atoms with van der Waals surface area (Å²) in [5.41, 5.74) is 1.72. The van der Waals surface area contributed by atoms with Crippen molar-refractivity contribution in [3.63, 3.8) is 0 Å². The molecule has 1 aromatic heterocycles. The number of rotatable bonds is 7. The van der Waals surface area contributed by atoms with Crippen LogP contribution in [-0.4, -0.2) is 16.6 Å². The molecule has 4 heteroatoms. The van der Waals surface area contributed by atoms with Crippen molar-refractivity contribution < 1.29 is 9.84 Å². The Morgan fingerprint density at radius 2 is 2.05 bits per heavy atom. The average Bonchev–Trinajstić information content (AvgIpc) is 2.51. The van der Waals surface area contributed by atoms with E-state index in [1.54, 1.807) is 0 Å². The molecule has 1 heterocycles. The summed E-state index contributed by atoms with van der Waals surface area (Å²) < 4.78 is 5.69. The molecule has 1 aromatic carbocycles. The highest BCUT2D eigenvalue weighted by molar-refractivity contribution is 5.35. The molecular weight excluding hydrogens is 252 g/mol. The Morgan fingerprint density at radius 1 is 1.20 bits per heavy atom. The lowest BCUT2D eigenvalue weighted by atomic mass is 10.2. The van der Waals surface area contributed by atoms with Gasteiger partial charge in [-0.05, 0) is 36.2 Å². The summed E-state index contributed by atoms with van der Waals surface area (Å²) in [6.07, 6.45) is 1.07. The molecule has 106 valence electrons. The predicted octanol–water partition coefficient (Wildman–Crippen LogP) is 2.97. The minimum absolute atomic E-state index is 0.0197. The van der Waals surface area contributed by atoms with Crippen LogP contribution < -0.4 is 10.1 Å². The highest BCUT2D eigenvalue weighted by atomic mass is 16.5. The van der Waals surface area contributed by atoms with Crippen LogP contribution in [0.15, 0.2) is 42.5 Å². The molecule has 0 spiro atoms. The summed E-state index contributed by atoms with van der Waals surface area (Å²) in [5.74, 6) is 1.61. The fourth-order valence-electron chi connectivity index (χ4n) is 1.80. The van der Waals surface area contributed by atoms with Gasteiger partial charge in [0.05, 0.1) is 12.3 Å². The van der Waals surface area contributed by atoms with Crippen molar-refractivity contribution in [2.24, 2.45) is 0 Å².